The molecule has 20 heavy (non-hydrogen) atoms. The highest BCUT2D eigenvalue weighted by Crippen LogP contribution is 2.32. The fourth-order valence-electron chi connectivity index (χ4n) is 2.76. The number of carbonyl (C=O) groups excluding carboxylic acids is 1. The van der Waals surface area contributed by atoms with Crippen molar-refractivity contribution in [1.82, 2.24) is 19.7 Å². The molecule has 2 aromatic rings. The number of hydrogen-bond acceptors (Lipinski definition) is 4. The molecule has 0 N–H and O–H groups in total. The van der Waals surface area contributed by atoms with E-state index in [-0.39, 0.29) is 11.9 Å². The molecule has 0 aromatic carbocycles. The van der Waals surface area contributed by atoms with E-state index < -0.39 is 0 Å². The second-order valence-corrected chi connectivity index (χ2v) is 5.89. The zero-order valence-electron chi connectivity index (χ0n) is 11.5. The predicted molar refractivity (Wildman–Crippen MR) is 77.3 cm³/mol. The van der Waals surface area contributed by atoms with Gasteiger partial charge < -0.3 is 4.90 Å². The first-order valence-corrected chi connectivity index (χ1v) is 7.83. The lowest BCUT2D eigenvalue weighted by molar-refractivity contribution is -0.132. The Labute approximate surface area is 122 Å². The number of aryl methyl sites for hydroxylation is 2. The number of hydrogen-bond donors (Lipinski definition) is 0. The van der Waals surface area contributed by atoms with Crippen molar-refractivity contribution in [2.45, 2.75) is 31.7 Å². The van der Waals surface area contributed by atoms with E-state index in [4.69, 9.17) is 0 Å². The molecule has 1 unspecified atom stereocenters. The van der Waals surface area contributed by atoms with Crippen molar-refractivity contribution in [3.63, 3.8) is 0 Å². The molecule has 3 heterocycles. The Balaban J connectivity index is 1.64. The van der Waals surface area contributed by atoms with Crippen LogP contribution in [0.15, 0.2) is 23.3 Å². The average Bonchev–Trinajstić information content (AvgIpc) is 3.16. The molecule has 1 aliphatic rings. The molecule has 0 saturated carbocycles. The molecular weight excluding hydrogens is 272 g/mol. The van der Waals surface area contributed by atoms with Gasteiger partial charge in [-0.2, -0.15) is 5.10 Å². The topological polar surface area (TPSA) is 51.0 Å². The second kappa shape index (κ2) is 5.75. The number of amides is 1. The summed E-state index contributed by atoms with van der Waals surface area (Å²) >= 11 is 1.58. The first-order valence-electron chi connectivity index (χ1n) is 6.89. The molecule has 106 valence electrons. The van der Waals surface area contributed by atoms with E-state index in [1.165, 1.54) is 0 Å². The molecule has 0 radical (unpaired) electrons. The Morgan fingerprint density at radius 2 is 2.45 bits per heavy atom. The molecule has 0 aliphatic carbocycles. The van der Waals surface area contributed by atoms with E-state index in [0.29, 0.717) is 6.42 Å². The van der Waals surface area contributed by atoms with Crippen molar-refractivity contribution in [2.24, 2.45) is 7.05 Å². The van der Waals surface area contributed by atoms with Crippen LogP contribution in [0, 0.1) is 0 Å². The van der Waals surface area contributed by atoms with E-state index in [1.807, 2.05) is 35.2 Å². The summed E-state index contributed by atoms with van der Waals surface area (Å²) in [5, 5.41) is 6.22. The van der Waals surface area contributed by atoms with Gasteiger partial charge in [0.05, 0.1) is 23.4 Å². The molecule has 5 nitrogen and oxygen atoms in total. The van der Waals surface area contributed by atoms with Gasteiger partial charge in [0, 0.05) is 37.2 Å². The predicted octanol–water partition coefficient (Wildman–Crippen LogP) is 2.17. The van der Waals surface area contributed by atoms with E-state index in [1.54, 1.807) is 16.0 Å². The number of rotatable bonds is 4. The molecule has 1 fully saturated rings. The molecule has 6 heteroatoms. The van der Waals surface area contributed by atoms with Gasteiger partial charge >= 0.3 is 0 Å². The lowest BCUT2D eigenvalue weighted by Crippen LogP contribution is -2.30. The monoisotopic (exact) mass is 290 g/mol. The summed E-state index contributed by atoms with van der Waals surface area (Å²) in [5.41, 5.74) is 3.97. The van der Waals surface area contributed by atoms with E-state index in [0.717, 1.165) is 37.1 Å². The lowest BCUT2D eigenvalue weighted by Gasteiger charge is -2.23. The number of carbonyl (C=O) groups is 1. The van der Waals surface area contributed by atoms with Crippen molar-refractivity contribution in [3.8, 4) is 0 Å². The highest BCUT2D eigenvalue weighted by Gasteiger charge is 2.30. The quantitative estimate of drug-likeness (QED) is 0.867. The molecule has 1 amide bonds. The summed E-state index contributed by atoms with van der Waals surface area (Å²) in [7, 11) is 1.91. The molecule has 1 atom stereocenters. The van der Waals surface area contributed by atoms with Crippen LogP contribution in [0.1, 0.15) is 36.6 Å². The maximum atomic E-state index is 12.4. The highest BCUT2D eigenvalue weighted by molar-refractivity contribution is 7.07. The minimum absolute atomic E-state index is 0.201. The fourth-order valence-corrected chi connectivity index (χ4v) is 3.36. The number of nitrogens with zero attached hydrogens (tertiary/aromatic N) is 4. The number of thiazole rings is 1. The van der Waals surface area contributed by atoms with Crippen LogP contribution in [-0.4, -0.2) is 32.1 Å². The fraction of sp³-hybridized carbons (Fsp3) is 0.500. The first kappa shape index (κ1) is 13.3. The van der Waals surface area contributed by atoms with Crippen LogP contribution in [-0.2, 0) is 18.3 Å². The number of aromatic nitrogens is 3. The van der Waals surface area contributed by atoms with Crippen LogP contribution >= 0.6 is 11.3 Å². The first-order chi connectivity index (χ1) is 9.74. The second-order valence-electron chi connectivity index (χ2n) is 5.17. The van der Waals surface area contributed by atoms with Crippen LogP contribution in [0.3, 0.4) is 0 Å². The third-order valence-electron chi connectivity index (χ3n) is 3.76. The lowest BCUT2D eigenvalue weighted by atomic mass is 10.1. The highest BCUT2D eigenvalue weighted by atomic mass is 32.1. The maximum absolute atomic E-state index is 12.4. The Hall–Kier alpha value is -1.69. The Morgan fingerprint density at radius 1 is 1.55 bits per heavy atom. The SMILES string of the molecule is Cn1cc(C2CCCN2C(=O)CCc2cscn2)cn1. The van der Waals surface area contributed by atoms with Gasteiger partial charge in [0.2, 0.25) is 5.91 Å². The average molecular weight is 290 g/mol. The minimum atomic E-state index is 0.201. The van der Waals surface area contributed by atoms with Gasteiger partial charge in [0.15, 0.2) is 0 Å². The van der Waals surface area contributed by atoms with Crippen LogP contribution in [0.5, 0.6) is 0 Å². The van der Waals surface area contributed by atoms with Gasteiger partial charge in [-0.25, -0.2) is 4.98 Å². The van der Waals surface area contributed by atoms with Crippen molar-refractivity contribution in [1.29, 1.82) is 0 Å². The summed E-state index contributed by atoms with van der Waals surface area (Å²) in [6, 6.07) is 0.201. The van der Waals surface area contributed by atoms with E-state index in [2.05, 4.69) is 10.1 Å². The van der Waals surface area contributed by atoms with Crippen LogP contribution < -0.4 is 0 Å². The third-order valence-corrected chi connectivity index (χ3v) is 4.40. The largest absolute Gasteiger partial charge is 0.336 e. The van der Waals surface area contributed by atoms with Gasteiger partial charge in [-0.1, -0.05) is 0 Å². The van der Waals surface area contributed by atoms with Crippen LogP contribution in [0.2, 0.25) is 0 Å². The Morgan fingerprint density at radius 3 is 3.15 bits per heavy atom. The Bertz CT molecular complexity index is 578. The summed E-state index contributed by atoms with van der Waals surface area (Å²) in [6.45, 7) is 0.857. The zero-order valence-corrected chi connectivity index (χ0v) is 12.3. The van der Waals surface area contributed by atoms with Gasteiger partial charge in [-0.15, -0.1) is 11.3 Å². The standard InChI is InChI=1S/C14H18N4OS/c1-17-8-11(7-16-17)13-3-2-6-18(13)14(19)5-4-12-9-20-10-15-12/h7-10,13H,2-6H2,1H3. The summed E-state index contributed by atoms with van der Waals surface area (Å²) < 4.78 is 1.80. The van der Waals surface area contributed by atoms with Gasteiger partial charge in [-0.05, 0) is 19.3 Å². The van der Waals surface area contributed by atoms with E-state index in [9.17, 15) is 4.79 Å². The zero-order chi connectivity index (χ0) is 13.9. The molecule has 1 aliphatic heterocycles. The van der Waals surface area contributed by atoms with Crippen molar-refractivity contribution >= 4 is 17.2 Å². The summed E-state index contributed by atoms with van der Waals surface area (Å²) in [6.07, 6.45) is 7.27. The Kier molecular flexibility index (Phi) is 3.82. The van der Waals surface area contributed by atoms with Gasteiger partial charge in [0.1, 0.15) is 0 Å². The molecule has 3 rings (SSSR count). The maximum Gasteiger partial charge on any atom is 0.223 e. The van der Waals surface area contributed by atoms with Gasteiger partial charge in [-0.3, -0.25) is 9.48 Å². The minimum Gasteiger partial charge on any atom is -0.336 e. The van der Waals surface area contributed by atoms with Crippen molar-refractivity contribution in [2.75, 3.05) is 6.54 Å². The van der Waals surface area contributed by atoms with Crippen LogP contribution in [0.25, 0.3) is 0 Å². The number of likely N-dealkylation sites (tertiary alicyclic amines) is 1. The molecule has 0 spiro atoms. The molecule has 2 aromatic heterocycles. The van der Waals surface area contributed by atoms with Crippen molar-refractivity contribution < 1.29 is 4.79 Å². The molecular formula is C14H18N4OS. The van der Waals surface area contributed by atoms with E-state index >= 15 is 0 Å². The third kappa shape index (κ3) is 2.75. The van der Waals surface area contributed by atoms with Crippen molar-refractivity contribution in [3.05, 3.63) is 34.5 Å². The van der Waals surface area contributed by atoms with Gasteiger partial charge in [0.25, 0.3) is 0 Å². The smallest absolute Gasteiger partial charge is 0.223 e. The molecule has 1 saturated heterocycles. The van der Waals surface area contributed by atoms with Crippen LogP contribution in [0.4, 0.5) is 0 Å². The molecule has 0 bridgehead atoms. The normalized spacial score (nSPS) is 18.6. The summed E-state index contributed by atoms with van der Waals surface area (Å²) in [5.74, 6) is 0.226. The summed E-state index contributed by atoms with van der Waals surface area (Å²) in [4.78, 5) is 18.6.